The standard InChI is InChI=1S/C12H17Br2NOS/c1-17-12(4-2-3-5-12)8-15-7-9-6-10(13)11(14)16-9/h6,15H,2-5,7-8H2,1H3. The van der Waals surface area contributed by atoms with Crippen LogP contribution in [0.2, 0.25) is 0 Å². The van der Waals surface area contributed by atoms with Gasteiger partial charge in [-0.15, -0.1) is 0 Å². The molecule has 0 aliphatic heterocycles. The monoisotopic (exact) mass is 381 g/mol. The predicted octanol–water partition coefficient (Wildman–Crippen LogP) is 4.57. The van der Waals surface area contributed by atoms with E-state index in [0.29, 0.717) is 4.75 Å². The highest BCUT2D eigenvalue weighted by Gasteiger charge is 2.32. The lowest BCUT2D eigenvalue weighted by Gasteiger charge is -2.26. The largest absolute Gasteiger partial charge is 0.452 e. The fraction of sp³-hybridized carbons (Fsp3) is 0.667. The van der Waals surface area contributed by atoms with E-state index in [-0.39, 0.29) is 0 Å². The molecule has 96 valence electrons. The number of rotatable bonds is 5. The Morgan fingerprint density at radius 2 is 2.12 bits per heavy atom. The Morgan fingerprint density at radius 3 is 2.65 bits per heavy atom. The lowest BCUT2D eigenvalue weighted by Crippen LogP contribution is -2.34. The van der Waals surface area contributed by atoms with Crippen molar-refractivity contribution >= 4 is 43.6 Å². The Labute approximate surface area is 124 Å². The zero-order valence-electron chi connectivity index (χ0n) is 9.89. The summed E-state index contributed by atoms with van der Waals surface area (Å²) in [5.41, 5.74) is 0. The highest BCUT2D eigenvalue weighted by Crippen LogP contribution is 2.39. The molecular formula is C12H17Br2NOS. The van der Waals surface area contributed by atoms with E-state index in [2.05, 4.69) is 43.4 Å². The van der Waals surface area contributed by atoms with Crippen LogP contribution in [0.5, 0.6) is 0 Å². The van der Waals surface area contributed by atoms with E-state index in [1.165, 1.54) is 25.7 Å². The number of furan rings is 1. The van der Waals surface area contributed by atoms with Crippen molar-refractivity contribution in [2.45, 2.75) is 37.0 Å². The van der Waals surface area contributed by atoms with Crippen molar-refractivity contribution in [3.05, 3.63) is 21.0 Å². The molecule has 0 amide bonds. The zero-order chi connectivity index (χ0) is 12.3. The van der Waals surface area contributed by atoms with Crippen LogP contribution in [0, 0.1) is 0 Å². The highest BCUT2D eigenvalue weighted by atomic mass is 79.9. The third-order valence-electron chi connectivity index (χ3n) is 3.39. The van der Waals surface area contributed by atoms with Crippen LogP contribution < -0.4 is 5.32 Å². The van der Waals surface area contributed by atoms with Gasteiger partial charge in [0.05, 0.1) is 11.0 Å². The molecule has 0 spiro atoms. The summed E-state index contributed by atoms with van der Waals surface area (Å²) in [5.74, 6) is 0.970. The second-order valence-electron chi connectivity index (χ2n) is 4.53. The van der Waals surface area contributed by atoms with E-state index in [4.69, 9.17) is 4.42 Å². The highest BCUT2D eigenvalue weighted by molar-refractivity contribution is 9.13. The average molecular weight is 383 g/mol. The van der Waals surface area contributed by atoms with Gasteiger partial charge in [-0.1, -0.05) is 12.8 Å². The Morgan fingerprint density at radius 1 is 1.41 bits per heavy atom. The Hall–Kier alpha value is 0.550. The molecule has 0 aromatic carbocycles. The van der Waals surface area contributed by atoms with Gasteiger partial charge in [0.15, 0.2) is 4.67 Å². The van der Waals surface area contributed by atoms with Crippen LogP contribution in [-0.4, -0.2) is 17.5 Å². The van der Waals surface area contributed by atoms with Gasteiger partial charge < -0.3 is 9.73 Å². The van der Waals surface area contributed by atoms with Crippen LogP contribution >= 0.6 is 43.6 Å². The molecule has 0 saturated heterocycles. The van der Waals surface area contributed by atoms with Crippen LogP contribution in [-0.2, 0) is 6.54 Å². The summed E-state index contributed by atoms with van der Waals surface area (Å²) in [6.45, 7) is 1.87. The van der Waals surface area contributed by atoms with Crippen molar-refractivity contribution in [2.75, 3.05) is 12.8 Å². The molecule has 1 N–H and O–H groups in total. The van der Waals surface area contributed by atoms with Crippen LogP contribution in [0.3, 0.4) is 0 Å². The van der Waals surface area contributed by atoms with Crippen molar-refractivity contribution in [3.63, 3.8) is 0 Å². The van der Waals surface area contributed by atoms with Gasteiger partial charge in [-0.3, -0.25) is 0 Å². The van der Waals surface area contributed by atoms with Gasteiger partial charge in [0, 0.05) is 11.3 Å². The van der Waals surface area contributed by atoms with Crippen molar-refractivity contribution in [2.24, 2.45) is 0 Å². The number of nitrogens with one attached hydrogen (secondary N) is 1. The van der Waals surface area contributed by atoms with Gasteiger partial charge in [-0.25, -0.2) is 0 Å². The van der Waals surface area contributed by atoms with E-state index in [1.807, 2.05) is 17.8 Å². The summed E-state index contributed by atoms with van der Waals surface area (Å²) >= 11 is 8.79. The molecular weight excluding hydrogens is 366 g/mol. The quantitative estimate of drug-likeness (QED) is 0.807. The molecule has 1 fully saturated rings. The normalized spacial score (nSPS) is 18.8. The van der Waals surface area contributed by atoms with Gasteiger partial charge in [0.1, 0.15) is 5.76 Å². The first kappa shape index (κ1) is 14.0. The first-order chi connectivity index (χ1) is 8.15. The molecule has 0 unspecified atom stereocenters. The maximum absolute atomic E-state index is 5.55. The molecule has 1 aromatic heterocycles. The SMILES string of the molecule is CSC1(CNCc2cc(Br)c(Br)o2)CCCC1. The minimum Gasteiger partial charge on any atom is -0.452 e. The molecule has 2 nitrogen and oxygen atoms in total. The molecule has 1 heterocycles. The third-order valence-corrected chi connectivity index (χ3v) is 6.52. The number of halogens is 2. The minimum atomic E-state index is 0.459. The molecule has 1 aliphatic rings. The molecule has 1 aromatic rings. The predicted molar refractivity (Wildman–Crippen MR) is 80.5 cm³/mol. The number of hydrogen-bond acceptors (Lipinski definition) is 3. The van der Waals surface area contributed by atoms with Crippen LogP contribution in [0.25, 0.3) is 0 Å². The van der Waals surface area contributed by atoms with Crippen molar-refractivity contribution in [1.82, 2.24) is 5.32 Å². The summed E-state index contributed by atoms with van der Waals surface area (Å²) in [6.07, 6.45) is 7.66. The Balaban J connectivity index is 1.82. The van der Waals surface area contributed by atoms with Crippen molar-refractivity contribution < 1.29 is 4.42 Å². The van der Waals surface area contributed by atoms with Crippen LogP contribution in [0.4, 0.5) is 0 Å². The van der Waals surface area contributed by atoms with Crippen molar-refractivity contribution in [1.29, 1.82) is 0 Å². The fourth-order valence-electron chi connectivity index (χ4n) is 2.36. The Kier molecular flexibility index (Phi) is 5.04. The summed E-state index contributed by atoms with van der Waals surface area (Å²) in [7, 11) is 0. The average Bonchev–Trinajstić information content (AvgIpc) is 2.89. The summed E-state index contributed by atoms with van der Waals surface area (Å²) in [5, 5.41) is 3.52. The smallest absolute Gasteiger partial charge is 0.183 e. The van der Waals surface area contributed by atoms with E-state index in [0.717, 1.165) is 28.0 Å². The number of hydrogen-bond donors (Lipinski definition) is 1. The second-order valence-corrected chi connectivity index (χ2v) is 7.38. The maximum Gasteiger partial charge on any atom is 0.183 e. The lowest BCUT2D eigenvalue weighted by atomic mass is 10.1. The fourth-order valence-corrected chi connectivity index (χ4v) is 3.97. The minimum absolute atomic E-state index is 0.459. The van der Waals surface area contributed by atoms with E-state index >= 15 is 0 Å². The van der Waals surface area contributed by atoms with Gasteiger partial charge in [-0.05, 0) is 57.0 Å². The molecule has 2 rings (SSSR count). The Bertz CT molecular complexity index is 355. The summed E-state index contributed by atoms with van der Waals surface area (Å²) in [4.78, 5) is 0. The molecule has 1 aliphatic carbocycles. The van der Waals surface area contributed by atoms with Crippen LogP contribution in [0.1, 0.15) is 31.4 Å². The van der Waals surface area contributed by atoms with Gasteiger partial charge >= 0.3 is 0 Å². The first-order valence-corrected chi connectivity index (χ1v) is 8.66. The number of thioether (sulfide) groups is 1. The van der Waals surface area contributed by atoms with Gasteiger partial charge in [0.2, 0.25) is 0 Å². The zero-order valence-corrected chi connectivity index (χ0v) is 13.9. The third kappa shape index (κ3) is 3.52. The van der Waals surface area contributed by atoms with E-state index in [1.54, 1.807) is 0 Å². The van der Waals surface area contributed by atoms with Crippen LogP contribution in [0.15, 0.2) is 19.6 Å². The van der Waals surface area contributed by atoms with E-state index in [9.17, 15) is 0 Å². The summed E-state index contributed by atoms with van der Waals surface area (Å²) < 4.78 is 7.76. The molecule has 0 bridgehead atoms. The lowest BCUT2D eigenvalue weighted by molar-refractivity contribution is 0.448. The molecule has 17 heavy (non-hydrogen) atoms. The topological polar surface area (TPSA) is 25.2 Å². The van der Waals surface area contributed by atoms with Crippen molar-refractivity contribution in [3.8, 4) is 0 Å². The molecule has 1 saturated carbocycles. The van der Waals surface area contributed by atoms with Gasteiger partial charge in [0.25, 0.3) is 0 Å². The molecule has 5 heteroatoms. The molecule has 0 atom stereocenters. The van der Waals surface area contributed by atoms with Gasteiger partial charge in [-0.2, -0.15) is 11.8 Å². The maximum atomic E-state index is 5.55. The first-order valence-electron chi connectivity index (χ1n) is 5.85. The summed E-state index contributed by atoms with van der Waals surface area (Å²) in [6, 6.07) is 2.01. The van der Waals surface area contributed by atoms with E-state index < -0.39 is 0 Å². The molecule has 0 radical (unpaired) electrons. The second kappa shape index (κ2) is 6.13.